The molecule has 0 amide bonds. The van der Waals surface area contributed by atoms with Crippen molar-refractivity contribution in [2.45, 2.75) is 20.7 Å². The van der Waals surface area contributed by atoms with Gasteiger partial charge in [0.05, 0.1) is 5.56 Å². The van der Waals surface area contributed by atoms with E-state index in [-0.39, 0.29) is 0 Å². The molecule has 2 nitrogen and oxygen atoms in total. The molecule has 0 N–H and O–H groups in total. The van der Waals surface area contributed by atoms with Crippen molar-refractivity contribution in [3.8, 4) is 11.3 Å². The second-order valence-electron chi connectivity index (χ2n) is 7.24. The zero-order chi connectivity index (χ0) is 21.2. The van der Waals surface area contributed by atoms with Gasteiger partial charge in [-0.1, -0.05) is 30.3 Å². The summed E-state index contributed by atoms with van der Waals surface area (Å²) in [5.41, 5.74) is 5.93. The Bertz CT molecular complexity index is 1460. The van der Waals surface area contributed by atoms with Crippen LogP contribution < -0.4 is 4.57 Å². The number of aryl methyl sites for hydroxylation is 4. The normalized spacial score (nSPS) is 13.8. The van der Waals surface area contributed by atoms with Gasteiger partial charge in [-0.3, -0.25) is 0 Å². The first-order valence-electron chi connectivity index (χ1n) is 10.6. The molecule has 0 aliphatic heterocycles. The lowest BCUT2D eigenvalue weighted by atomic mass is 9.98. The lowest BCUT2D eigenvalue weighted by molar-refractivity contribution is -0.660. The van der Waals surface area contributed by atoms with Crippen molar-refractivity contribution in [3.63, 3.8) is 0 Å². The van der Waals surface area contributed by atoms with Crippen LogP contribution in [0.2, 0.25) is 0 Å². The highest BCUT2D eigenvalue weighted by Gasteiger charge is 2.19. The molecule has 2 heteroatoms. The van der Waals surface area contributed by atoms with Gasteiger partial charge in [0.25, 0.3) is 0 Å². The minimum atomic E-state index is -2.13. The molecule has 0 bridgehead atoms. The van der Waals surface area contributed by atoms with E-state index < -0.39 is 6.85 Å². The number of hydrogen-bond donors (Lipinski definition) is 0. The van der Waals surface area contributed by atoms with Gasteiger partial charge >= 0.3 is 0 Å². The predicted octanol–water partition coefficient (Wildman–Crippen LogP) is 6.16. The Morgan fingerprint density at radius 1 is 0.926 bits per heavy atom. The molecule has 132 valence electrons. The summed E-state index contributed by atoms with van der Waals surface area (Å²) in [5, 5.41) is 4.61. The van der Waals surface area contributed by atoms with Gasteiger partial charge in [-0.15, -0.1) is 0 Å². The van der Waals surface area contributed by atoms with Crippen LogP contribution in [-0.2, 0) is 7.05 Å². The first kappa shape index (κ1) is 13.1. The van der Waals surface area contributed by atoms with Crippen LogP contribution >= 0.6 is 0 Å². The molecule has 0 radical (unpaired) electrons. The van der Waals surface area contributed by atoms with Gasteiger partial charge in [-0.25, -0.2) is 4.57 Å². The Hall–Kier alpha value is -3.13. The zero-order valence-corrected chi connectivity index (χ0v) is 15.6. The van der Waals surface area contributed by atoms with E-state index in [4.69, 9.17) is 8.53 Å². The Labute approximate surface area is 162 Å². The van der Waals surface area contributed by atoms with Gasteiger partial charge in [0.15, 0.2) is 6.20 Å². The standard InChI is InChI=1S/C25H22NO/c1-15-13-22(26(4)14-16(15)2)19-10-11-21-24-20-8-6-5-7-18(20)9-12-23(24)27-25(21)17(19)3/h5-14H,1-4H3/q+1/i2D3. The van der Waals surface area contributed by atoms with Gasteiger partial charge in [0.1, 0.15) is 18.2 Å². The van der Waals surface area contributed by atoms with Crippen LogP contribution in [0.5, 0.6) is 0 Å². The number of pyridine rings is 1. The number of fused-ring (bicyclic) bond motifs is 5. The maximum atomic E-state index is 7.77. The minimum absolute atomic E-state index is 0.377. The van der Waals surface area contributed by atoms with Crippen molar-refractivity contribution in [2.24, 2.45) is 7.05 Å². The van der Waals surface area contributed by atoms with Gasteiger partial charge in [-0.2, -0.15) is 0 Å². The van der Waals surface area contributed by atoms with E-state index in [0.717, 1.165) is 44.3 Å². The SMILES string of the molecule is [2H]C([2H])([2H])c1c[n+](C)c(-c2ccc3c(oc4ccc5ccccc5c43)c2C)cc1C. The Kier molecular flexibility index (Phi) is 2.76. The Morgan fingerprint density at radius 3 is 2.63 bits per heavy atom. The van der Waals surface area contributed by atoms with Gasteiger partial charge in [-0.05, 0) is 55.2 Å². The predicted molar refractivity (Wildman–Crippen MR) is 112 cm³/mol. The number of aromatic nitrogens is 1. The summed E-state index contributed by atoms with van der Waals surface area (Å²) in [6.07, 6.45) is 1.72. The lowest BCUT2D eigenvalue weighted by Crippen LogP contribution is -2.31. The number of furan rings is 1. The van der Waals surface area contributed by atoms with Crippen molar-refractivity contribution in [1.29, 1.82) is 0 Å². The molecular formula is C25H22NO+. The fourth-order valence-corrected chi connectivity index (χ4v) is 4.04. The zero-order valence-electron chi connectivity index (χ0n) is 18.6. The fraction of sp³-hybridized carbons (Fsp3) is 0.160. The first-order valence-corrected chi connectivity index (χ1v) is 9.10. The summed E-state index contributed by atoms with van der Waals surface area (Å²) < 4.78 is 31.5. The maximum Gasteiger partial charge on any atom is 0.212 e. The summed E-state index contributed by atoms with van der Waals surface area (Å²) in [5.74, 6) is 0. The molecule has 5 rings (SSSR count). The molecule has 0 aliphatic carbocycles. The summed E-state index contributed by atoms with van der Waals surface area (Å²) in [7, 11) is 1.89. The molecule has 0 spiro atoms. The molecule has 0 saturated heterocycles. The van der Waals surface area contributed by atoms with Crippen LogP contribution in [0.3, 0.4) is 0 Å². The van der Waals surface area contributed by atoms with Crippen molar-refractivity contribution < 1.29 is 13.1 Å². The van der Waals surface area contributed by atoms with Crippen molar-refractivity contribution in [3.05, 3.63) is 77.5 Å². The maximum absolute atomic E-state index is 7.77. The Balaban J connectivity index is 1.78. The molecule has 0 fully saturated rings. The first-order chi connectivity index (χ1) is 14.3. The molecule has 27 heavy (non-hydrogen) atoms. The van der Waals surface area contributed by atoms with Crippen LogP contribution in [-0.4, -0.2) is 0 Å². The van der Waals surface area contributed by atoms with E-state index in [1.165, 1.54) is 10.8 Å². The molecule has 0 unspecified atom stereocenters. The van der Waals surface area contributed by atoms with Crippen molar-refractivity contribution in [2.75, 3.05) is 0 Å². The third-order valence-corrected chi connectivity index (χ3v) is 5.53. The van der Waals surface area contributed by atoms with Gasteiger partial charge in [0, 0.05) is 32.1 Å². The quantitative estimate of drug-likeness (QED) is 0.329. The fourth-order valence-electron chi connectivity index (χ4n) is 4.04. The molecule has 0 saturated carbocycles. The second kappa shape index (κ2) is 5.68. The van der Waals surface area contributed by atoms with Gasteiger partial charge in [0.2, 0.25) is 5.69 Å². The van der Waals surface area contributed by atoms with E-state index in [9.17, 15) is 0 Å². The van der Waals surface area contributed by atoms with Crippen LogP contribution in [0, 0.1) is 20.7 Å². The molecule has 0 aliphatic rings. The largest absolute Gasteiger partial charge is 0.456 e. The highest BCUT2D eigenvalue weighted by Crippen LogP contribution is 2.38. The molecule has 5 aromatic rings. The van der Waals surface area contributed by atoms with E-state index in [1.54, 1.807) is 6.20 Å². The lowest BCUT2D eigenvalue weighted by Gasteiger charge is -2.07. The van der Waals surface area contributed by atoms with Crippen molar-refractivity contribution >= 4 is 32.7 Å². The summed E-state index contributed by atoms with van der Waals surface area (Å²) in [6, 6.07) is 18.6. The summed E-state index contributed by atoms with van der Waals surface area (Å²) in [6.45, 7) is 1.79. The topological polar surface area (TPSA) is 17.0 Å². The molecule has 2 aromatic heterocycles. The minimum Gasteiger partial charge on any atom is -0.456 e. The summed E-state index contributed by atoms with van der Waals surface area (Å²) in [4.78, 5) is 0. The molecule has 2 heterocycles. The highest BCUT2D eigenvalue weighted by molar-refractivity contribution is 6.19. The van der Waals surface area contributed by atoms with Crippen LogP contribution in [0.15, 0.2) is 65.2 Å². The van der Waals surface area contributed by atoms with Crippen molar-refractivity contribution in [1.82, 2.24) is 0 Å². The average molecular weight is 355 g/mol. The average Bonchev–Trinajstić information content (AvgIpc) is 3.09. The van der Waals surface area contributed by atoms with Crippen LogP contribution in [0.4, 0.5) is 0 Å². The number of rotatable bonds is 1. The summed E-state index contributed by atoms with van der Waals surface area (Å²) >= 11 is 0. The third-order valence-electron chi connectivity index (χ3n) is 5.53. The van der Waals surface area contributed by atoms with E-state index in [2.05, 4.69) is 43.3 Å². The smallest absolute Gasteiger partial charge is 0.212 e. The second-order valence-corrected chi connectivity index (χ2v) is 7.24. The van der Waals surface area contributed by atoms with E-state index in [1.807, 2.05) is 36.7 Å². The number of benzene rings is 3. The number of hydrogen-bond acceptors (Lipinski definition) is 1. The molecular weight excluding hydrogens is 330 g/mol. The van der Waals surface area contributed by atoms with Crippen LogP contribution in [0.25, 0.3) is 44.0 Å². The van der Waals surface area contributed by atoms with Crippen LogP contribution in [0.1, 0.15) is 20.8 Å². The van der Waals surface area contributed by atoms with E-state index >= 15 is 0 Å². The monoisotopic (exact) mass is 355 g/mol. The molecule has 0 atom stereocenters. The Morgan fingerprint density at radius 2 is 1.78 bits per heavy atom. The van der Waals surface area contributed by atoms with E-state index in [0.29, 0.717) is 5.56 Å². The number of nitrogens with zero attached hydrogens (tertiary/aromatic N) is 1. The molecule has 3 aromatic carbocycles. The third kappa shape index (κ3) is 2.30. The van der Waals surface area contributed by atoms with Gasteiger partial charge < -0.3 is 4.42 Å². The highest BCUT2D eigenvalue weighted by atomic mass is 16.3.